The molecule has 114 valence electrons. The fourth-order valence-corrected chi connectivity index (χ4v) is 3.41. The molecule has 0 atom stereocenters. The molecule has 1 saturated carbocycles. The maximum absolute atomic E-state index is 6.02. The number of hydrogen-bond donors (Lipinski definition) is 1. The molecule has 4 nitrogen and oxygen atoms in total. The van der Waals surface area contributed by atoms with Gasteiger partial charge in [-0.2, -0.15) is 0 Å². The van der Waals surface area contributed by atoms with E-state index in [0.717, 1.165) is 37.3 Å². The summed E-state index contributed by atoms with van der Waals surface area (Å²) in [6.45, 7) is 6.38. The van der Waals surface area contributed by atoms with E-state index < -0.39 is 0 Å². The molecule has 4 heteroatoms. The Morgan fingerprint density at radius 3 is 2.71 bits per heavy atom. The molecule has 21 heavy (non-hydrogen) atoms. The highest BCUT2D eigenvalue weighted by Crippen LogP contribution is 2.23. The van der Waals surface area contributed by atoms with Gasteiger partial charge in [0.15, 0.2) is 0 Å². The van der Waals surface area contributed by atoms with Crippen LogP contribution in [0.3, 0.4) is 0 Å². The van der Waals surface area contributed by atoms with E-state index in [1.54, 1.807) is 0 Å². The average molecular weight is 286 g/mol. The molecule has 0 radical (unpaired) electrons. The lowest BCUT2D eigenvalue weighted by molar-refractivity contribution is 0.148. The minimum absolute atomic E-state index is 0.415. The van der Waals surface area contributed by atoms with Crippen molar-refractivity contribution >= 4 is 5.65 Å². The zero-order chi connectivity index (χ0) is 14.8. The molecule has 1 aliphatic rings. The van der Waals surface area contributed by atoms with Crippen LogP contribution in [0.4, 0.5) is 0 Å². The fraction of sp³-hybridized carbons (Fsp3) is 0.588. The highest BCUT2D eigenvalue weighted by molar-refractivity contribution is 5.41. The third kappa shape index (κ3) is 3.27. The average Bonchev–Trinajstić information content (AvgIpc) is 2.87. The first kappa shape index (κ1) is 14.5. The van der Waals surface area contributed by atoms with E-state index in [1.165, 1.54) is 18.4 Å². The highest BCUT2D eigenvalue weighted by atomic mass is 15.2. The summed E-state index contributed by atoms with van der Waals surface area (Å²) in [5.74, 6) is 0. The van der Waals surface area contributed by atoms with Crippen LogP contribution in [0.15, 0.2) is 24.5 Å². The van der Waals surface area contributed by atoms with E-state index in [2.05, 4.69) is 47.7 Å². The van der Waals surface area contributed by atoms with Gasteiger partial charge in [0.1, 0.15) is 5.65 Å². The lowest BCUT2D eigenvalue weighted by atomic mass is 9.90. The van der Waals surface area contributed by atoms with E-state index in [9.17, 15) is 0 Å². The molecule has 3 rings (SSSR count). The normalized spacial score (nSPS) is 23.0. The fourth-order valence-electron chi connectivity index (χ4n) is 3.41. The van der Waals surface area contributed by atoms with Gasteiger partial charge in [-0.05, 0) is 50.8 Å². The predicted octanol–water partition coefficient (Wildman–Crippen LogP) is 2.73. The van der Waals surface area contributed by atoms with Gasteiger partial charge in [-0.25, -0.2) is 4.98 Å². The van der Waals surface area contributed by atoms with Crippen LogP contribution in [-0.4, -0.2) is 32.9 Å². The van der Waals surface area contributed by atoms with Gasteiger partial charge in [-0.3, -0.25) is 4.90 Å². The largest absolute Gasteiger partial charge is 0.328 e. The Labute approximate surface area is 127 Å². The molecule has 2 aromatic rings. The zero-order valence-electron chi connectivity index (χ0n) is 13.1. The highest BCUT2D eigenvalue weighted by Gasteiger charge is 2.23. The third-order valence-corrected chi connectivity index (χ3v) is 4.68. The Kier molecular flexibility index (Phi) is 4.27. The first-order valence-electron chi connectivity index (χ1n) is 8.09. The van der Waals surface area contributed by atoms with Gasteiger partial charge >= 0.3 is 0 Å². The summed E-state index contributed by atoms with van der Waals surface area (Å²) in [5.41, 5.74) is 9.49. The van der Waals surface area contributed by atoms with Crippen molar-refractivity contribution in [2.75, 3.05) is 6.54 Å². The second-order valence-electron chi connectivity index (χ2n) is 6.34. The molecule has 0 bridgehead atoms. The second kappa shape index (κ2) is 6.16. The number of aromatic nitrogens is 2. The smallest absolute Gasteiger partial charge is 0.137 e. The molecule has 1 fully saturated rings. The molecule has 2 heterocycles. The van der Waals surface area contributed by atoms with Crippen LogP contribution in [0, 0.1) is 6.92 Å². The van der Waals surface area contributed by atoms with Crippen LogP contribution in [0.1, 0.15) is 43.9 Å². The Hall–Kier alpha value is -1.39. The monoisotopic (exact) mass is 286 g/mol. The van der Waals surface area contributed by atoms with E-state index >= 15 is 0 Å². The Balaban J connectivity index is 1.73. The molecule has 0 spiro atoms. The van der Waals surface area contributed by atoms with Gasteiger partial charge in [0, 0.05) is 31.0 Å². The minimum Gasteiger partial charge on any atom is -0.328 e. The summed E-state index contributed by atoms with van der Waals surface area (Å²) in [6, 6.07) is 5.29. The van der Waals surface area contributed by atoms with Crippen LogP contribution in [-0.2, 0) is 6.54 Å². The first-order valence-corrected chi connectivity index (χ1v) is 8.09. The molecule has 2 N–H and O–H groups in total. The number of aryl methyl sites for hydroxylation is 1. The molecule has 0 amide bonds. The van der Waals surface area contributed by atoms with Crippen molar-refractivity contribution in [1.82, 2.24) is 14.3 Å². The van der Waals surface area contributed by atoms with Gasteiger partial charge in [0.2, 0.25) is 0 Å². The summed E-state index contributed by atoms with van der Waals surface area (Å²) >= 11 is 0. The van der Waals surface area contributed by atoms with E-state index in [0.29, 0.717) is 12.1 Å². The second-order valence-corrected chi connectivity index (χ2v) is 6.34. The number of pyridine rings is 1. The maximum Gasteiger partial charge on any atom is 0.137 e. The number of imidazole rings is 1. The number of fused-ring (bicyclic) bond motifs is 1. The lowest BCUT2D eigenvalue weighted by Crippen LogP contribution is -2.40. The van der Waals surface area contributed by atoms with Gasteiger partial charge in [0.25, 0.3) is 0 Å². The van der Waals surface area contributed by atoms with Gasteiger partial charge in [0.05, 0.1) is 5.69 Å². The standard InChI is InChI=1S/C17H26N4/c1-3-20(16-7-5-14(18)6-8-16)11-15-12-21-10-13(2)4-9-17(21)19-15/h4,9-10,12,14,16H,3,5-8,11,18H2,1-2H3. The zero-order valence-corrected chi connectivity index (χ0v) is 13.1. The number of rotatable bonds is 4. The van der Waals surface area contributed by atoms with Gasteiger partial charge in [-0.15, -0.1) is 0 Å². The summed E-state index contributed by atoms with van der Waals surface area (Å²) in [5, 5.41) is 0. The molecule has 0 aliphatic heterocycles. The molecular formula is C17H26N4. The molecule has 0 aromatic carbocycles. The van der Waals surface area contributed by atoms with Crippen LogP contribution in [0.25, 0.3) is 5.65 Å². The molecular weight excluding hydrogens is 260 g/mol. The quantitative estimate of drug-likeness (QED) is 0.940. The van der Waals surface area contributed by atoms with Crippen molar-refractivity contribution in [2.45, 2.75) is 58.2 Å². The van der Waals surface area contributed by atoms with Crippen LogP contribution in [0.5, 0.6) is 0 Å². The van der Waals surface area contributed by atoms with Crippen molar-refractivity contribution in [3.63, 3.8) is 0 Å². The molecule has 1 aliphatic carbocycles. The van der Waals surface area contributed by atoms with E-state index in [4.69, 9.17) is 10.7 Å². The predicted molar refractivity (Wildman–Crippen MR) is 86.2 cm³/mol. The third-order valence-electron chi connectivity index (χ3n) is 4.68. The van der Waals surface area contributed by atoms with Crippen molar-refractivity contribution < 1.29 is 0 Å². The molecule has 0 saturated heterocycles. The first-order chi connectivity index (χ1) is 10.2. The van der Waals surface area contributed by atoms with Crippen molar-refractivity contribution in [3.8, 4) is 0 Å². The number of nitrogens with zero attached hydrogens (tertiary/aromatic N) is 3. The van der Waals surface area contributed by atoms with Crippen molar-refractivity contribution in [2.24, 2.45) is 5.73 Å². The summed E-state index contributed by atoms with van der Waals surface area (Å²) in [7, 11) is 0. The maximum atomic E-state index is 6.02. The van der Waals surface area contributed by atoms with Crippen molar-refractivity contribution in [1.29, 1.82) is 0 Å². The summed E-state index contributed by atoms with van der Waals surface area (Å²) in [4.78, 5) is 7.30. The van der Waals surface area contributed by atoms with E-state index in [1.807, 2.05) is 0 Å². The SMILES string of the molecule is CCN(Cc1cn2cc(C)ccc2n1)C1CCC(N)CC1. The minimum atomic E-state index is 0.415. The van der Waals surface area contributed by atoms with Crippen molar-refractivity contribution in [3.05, 3.63) is 35.8 Å². The van der Waals surface area contributed by atoms with Crippen LogP contribution < -0.4 is 5.73 Å². The topological polar surface area (TPSA) is 46.6 Å². The van der Waals surface area contributed by atoms with Crippen LogP contribution >= 0.6 is 0 Å². The summed E-state index contributed by atoms with van der Waals surface area (Å²) in [6.07, 6.45) is 9.07. The Morgan fingerprint density at radius 1 is 1.24 bits per heavy atom. The molecule has 2 aromatic heterocycles. The number of nitrogens with two attached hydrogens (primary N) is 1. The van der Waals surface area contributed by atoms with Crippen LogP contribution in [0.2, 0.25) is 0 Å². The summed E-state index contributed by atoms with van der Waals surface area (Å²) < 4.78 is 2.13. The Morgan fingerprint density at radius 2 is 2.00 bits per heavy atom. The van der Waals surface area contributed by atoms with Gasteiger partial charge in [-0.1, -0.05) is 13.0 Å². The lowest BCUT2D eigenvalue weighted by Gasteiger charge is -2.35. The van der Waals surface area contributed by atoms with E-state index in [-0.39, 0.29) is 0 Å². The number of hydrogen-bond acceptors (Lipinski definition) is 3. The molecule has 0 unspecified atom stereocenters. The van der Waals surface area contributed by atoms with Gasteiger partial charge < -0.3 is 10.1 Å². The Bertz CT molecular complexity index is 596.